The van der Waals surface area contributed by atoms with E-state index in [-0.39, 0.29) is 23.5 Å². The van der Waals surface area contributed by atoms with E-state index in [1.54, 1.807) is 12.1 Å². The predicted molar refractivity (Wildman–Crippen MR) is 133 cm³/mol. The average Bonchev–Trinajstić information content (AvgIpc) is 3.36. The van der Waals surface area contributed by atoms with Gasteiger partial charge in [-0.05, 0) is 47.7 Å². The molecule has 1 amide bonds. The van der Waals surface area contributed by atoms with Crippen LogP contribution in [0.25, 0.3) is 0 Å². The van der Waals surface area contributed by atoms with Crippen LogP contribution in [0.2, 0.25) is 0 Å². The number of ether oxygens (including phenoxy) is 1. The number of carbonyl (C=O) groups is 1. The standard InChI is InChI=1S/C25H29N3O4S2/c1-19-17-28(10-11-32-19)18-21-6-2-5-20(13-21)15-26-25(29)22-7-3-9-24(14-22)34(30,31)27-16-23-8-4-12-33-23/h2-9,12-14,19,27H,10-11,15-18H2,1H3,(H,26,29). The molecule has 2 N–H and O–H groups in total. The molecule has 34 heavy (non-hydrogen) atoms. The fourth-order valence-corrected chi connectivity index (χ4v) is 5.67. The molecule has 1 fully saturated rings. The fraction of sp³-hybridized carbons (Fsp3) is 0.320. The molecule has 1 saturated heterocycles. The first-order valence-corrected chi connectivity index (χ1v) is 13.6. The minimum Gasteiger partial charge on any atom is -0.376 e. The van der Waals surface area contributed by atoms with Crippen molar-refractivity contribution in [2.75, 3.05) is 19.7 Å². The zero-order valence-corrected chi connectivity index (χ0v) is 20.7. The highest BCUT2D eigenvalue weighted by atomic mass is 32.2. The van der Waals surface area contributed by atoms with Crippen LogP contribution in [0.5, 0.6) is 0 Å². The van der Waals surface area contributed by atoms with Gasteiger partial charge in [-0.1, -0.05) is 36.4 Å². The summed E-state index contributed by atoms with van der Waals surface area (Å²) in [5, 5.41) is 4.80. The smallest absolute Gasteiger partial charge is 0.251 e. The maximum absolute atomic E-state index is 12.7. The van der Waals surface area contributed by atoms with Crippen molar-refractivity contribution in [1.82, 2.24) is 14.9 Å². The number of hydrogen-bond acceptors (Lipinski definition) is 6. The molecule has 0 spiro atoms. The minimum atomic E-state index is -3.72. The van der Waals surface area contributed by atoms with Gasteiger partial charge in [0.25, 0.3) is 5.91 Å². The molecule has 0 bridgehead atoms. The van der Waals surface area contributed by atoms with Crippen LogP contribution in [0.3, 0.4) is 0 Å². The quantitative estimate of drug-likeness (QED) is 0.471. The van der Waals surface area contributed by atoms with Crippen LogP contribution in [0.15, 0.2) is 70.9 Å². The lowest BCUT2D eigenvalue weighted by molar-refractivity contribution is -0.0212. The second-order valence-electron chi connectivity index (χ2n) is 8.35. The van der Waals surface area contributed by atoms with E-state index in [1.165, 1.54) is 29.0 Å². The highest BCUT2D eigenvalue weighted by molar-refractivity contribution is 7.89. The molecule has 2 aromatic carbocycles. The van der Waals surface area contributed by atoms with E-state index in [0.717, 1.165) is 36.7 Å². The van der Waals surface area contributed by atoms with E-state index in [9.17, 15) is 13.2 Å². The molecule has 1 aliphatic rings. The molecule has 180 valence electrons. The Balaban J connectivity index is 1.35. The Kier molecular flexibility index (Phi) is 8.12. The van der Waals surface area contributed by atoms with Crippen LogP contribution >= 0.6 is 11.3 Å². The SMILES string of the molecule is CC1CN(Cc2cccc(CNC(=O)c3cccc(S(=O)(=O)NCc4cccs4)c3)c2)CCO1. The first kappa shape index (κ1) is 24.6. The second-order valence-corrected chi connectivity index (χ2v) is 11.2. The maximum atomic E-state index is 12.7. The van der Waals surface area contributed by atoms with Crippen molar-refractivity contribution in [3.8, 4) is 0 Å². The normalized spacial score (nSPS) is 16.9. The molecule has 0 saturated carbocycles. The van der Waals surface area contributed by atoms with Gasteiger partial charge in [0, 0.05) is 43.2 Å². The third-order valence-corrected chi connectivity index (χ3v) is 7.87. The Hall–Kier alpha value is -2.56. The van der Waals surface area contributed by atoms with Crippen molar-refractivity contribution in [3.63, 3.8) is 0 Å². The number of nitrogens with zero attached hydrogens (tertiary/aromatic N) is 1. The van der Waals surface area contributed by atoms with Crippen molar-refractivity contribution in [2.24, 2.45) is 0 Å². The van der Waals surface area contributed by atoms with Gasteiger partial charge in [-0.15, -0.1) is 11.3 Å². The minimum absolute atomic E-state index is 0.0680. The van der Waals surface area contributed by atoms with Gasteiger partial charge in [0.2, 0.25) is 10.0 Å². The van der Waals surface area contributed by atoms with Gasteiger partial charge in [-0.3, -0.25) is 9.69 Å². The Bertz CT molecular complexity index is 1210. The third-order valence-electron chi connectivity index (χ3n) is 5.60. The molecular weight excluding hydrogens is 470 g/mol. The monoisotopic (exact) mass is 499 g/mol. The van der Waals surface area contributed by atoms with Crippen LogP contribution in [-0.2, 0) is 34.4 Å². The summed E-state index contributed by atoms with van der Waals surface area (Å²) in [6, 6.07) is 18.0. The Morgan fingerprint density at radius 2 is 1.91 bits per heavy atom. The van der Waals surface area contributed by atoms with Gasteiger partial charge in [0.1, 0.15) is 0 Å². The van der Waals surface area contributed by atoms with E-state index < -0.39 is 10.0 Å². The molecule has 0 radical (unpaired) electrons. The van der Waals surface area contributed by atoms with Crippen LogP contribution in [0, 0.1) is 0 Å². The molecule has 1 aromatic heterocycles. The molecule has 2 heterocycles. The first-order chi connectivity index (χ1) is 16.4. The zero-order chi connectivity index (χ0) is 24.0. The van der Waals surface area contributed by atoms with Crippen molar-refractivity contribution in [2.45, 2.75) is 37.6 Å². The van der Waals surface area contributed by atoms with Gasteiger partial charge in [0.15, 0.2) is 0 Å². The highest BCUT2D eigenvalue weighted by Crippen LogP contribution is 2.15. The number of thiophene rings is 1. The summed E-state index contributed by atoms with van der Waals surface area (Å²) in [6.07, 6.45) is 0.238. The Morgan fingerprint density at radius 1 is 1.09 bits per heavy atom. The van der Waals surface area contributed by atoms with E-state index in [0.29, 0.717) is 12.1 Å². The number of nitrogens with one attached hydrogen (secondary N) is 2. The summed E-state index contributed by atoms with van der Waals surface area (Å²) in [6.45, 7) is 6.06. The first-order valence-electron chi connectivity index (χ1n) is 11.2. The molecule has 4 rings (SSSR count). The summed E-state index contributed by atoms with van der Waals surface area (Å²) in [5.41, 5.74) is 2.48. The number of rotatable bonds is 9. The number of amides is 1. The van der Waals surface area contributed by atoms with Gasteiger partial charge in [0.05, 0.1) is 17.6 Å². The molecule has 0 aliphatic carbocycles. The van der Waals surface area contributed by atoms with Gasteiger partial charge in [-0.2, -0.15) is 0 Å². The number of morpholine rings is 1. The van der Waals surface area contributed by atoms with Crippen LogP contribution in [-0.4, -0.2) is 45.0 Å². The fourth-order valence-electron chi connectivity index (χ4n) is 3.88. The van der Waals surface area contributed by atoms with Crippen molar-refractivity contribution < 1.29 is 17.9 Å². The number of carbonyl (C=O) groups excluding carboxylic acids is 1. The topological polar surface area (TPSA) is 87.7 Å². The molecule has 7 nitrogen and oxygen atoms in total. The predicted octanol–water partition coefficient (Wildman–Crippen LogP) is 3.38. The summed E-state index contributed by atoms with van der Waals surface area (Å²) < 4.78 is 33.5. The summed E-state index contributed by atoms with van der Waals surface area (Å²) in [5.74, 6) is -0.317. The average molecular weight is 500 g/mol. The second kappa shape index (κ2) is 11.2. The van der Waals surface area contributed by atoms with Crippen LogP contribution in [0.1, 0.15) is 33.3 Å². The van der Waals surface area contributed by atoms with E-state index in [4.69, 9.17) is 4.74 Å². The van der Waals surface area contributed by atoms with E-state index in [2.05, 4.69) is 34.0 Å². The van der Waals surface area contributed by atoms with E-state index >= 15 is 0 Å². The van der Waals surface area contributed by atoms with E-state index in [1.807, 2.05) is 29.6 Å². The largest absolute Gasteiger partial charge is 0.376 e. The maximum Gasteiger partial charge on any atom is 0.251 e. The lowest BCUT2D eigenvalue weighted by Crippen LogP contribution is -2.40. The lowest BCUT2D eigenvalue weighted by atomic mass is 10.1. The molecule has 9 heteroatoms. The van der Waals surface area contributed by atoms with Crippen LogP contribution in [0.4, 0.5) is 0 Å². The summed E-state index contributed by atoms with van der Waals surface area (Å²) >= 11 is 1.48. The summed E-state index contributed by atoms with van der Waals surface area (Å²) in [7, 11) is -3.72. The Morgan fingerprint density at radius 3 is 2.71 bits per heavy atom. The van der Waals surface area contributed by atoms with Crippen molar-refractivity contribution >= 4 is 27.3 Å². The van der Waals surface area contributed by atoms with Gasteiger partial charge in [-0.25, -0.2) is 13.1 Å². The van der Waals surface area contributed by atoms with Crippen molar-refractivity contribution in [3.05, 3.63) is 87.6 Å². The van der Waals surface area contributed by atoms with Crippen LogP contribution < -0.4 is 10.0 Å². The molecule has 3 aromatic rings. The molecule has 1 aliphatic heterocycles. The number of hydrogen-bond donors (Lipinski definition) is 2. The number of benzene rings is 2. The highest BCUT2D eigenvalue weighted by Gasteiger charge is 2.18. The molecule has 1 unspecified atom stereocenters. The van der Waals surface area contributed by atoms with Gasteiger partial charge >= 0.3 is 0 Å². The molecule has 1 atom stereocenters. The molecular formula is C25H29N3O4S2. The number of sulfonamides is 1. The van der Waals surface area contributed by atoms with Crippen molar-refractivity contribution in [1.29, 1.82) is 0 Å². The summed E-state index contributed by atoms with van der Waals surface area (Å²) in [4.78, 5) is 16.1. The third kappa shape index (κ3) is 6.74. The zero-order valence-electron chi connectivity index (χ0n) is 19.1. The lowest BCUT2D eigenvalue weighted by Gasteiger charge is -2.31. The Labute approximate surface area is 204 Å². The van der Waals surface area contributed by atoms with Gasteiger partial charge < -0.3 is 10.1 Å².